The Morgan fingerprint density at radius 1 is 1.21 bits per heavy atom. The van der Waals surface area contributed by atoms with E-state index in [1.54, 1.807) is 0 Å². The number of aryl methyl sites for hydroxylation is 2. The average Bonchev–Trinajstić information content (AvgIpc) is 2.38. The van der Waals surface area contributed by atoms with Crippen LogP contribution >= 0.6 is 0 Å². The Morgan fingerprint density at radius 3 is 2.50 bits per heavy atom. The van der Waals surface area contributed by atoms with Gasteiger partial charge in [0.1, 0.15) is 0 Å². The maximum absolute atomic E-state index is 11.7. The normalized spacial score (nSPS) is 18.2. The predicted molar refractivity (Wildman–Crippen MR) is 54.7 cm³/mol. The van der Waals surface area contributed by atoms with Gasteiger partial charge in [-0.2, -0.15) is 0 Å². The number of hydrogen-bond donors (Lipinski definition) is 1. The molecule has 0 aliphatic carbocycles. The van der Waals surface area contributed by atoms with Gasteiger partial charge in [-0.1, -0.05) is 6.07 Å². The molecule has 76 valence electrons. The topological polar surface area (TPSA) is 46.2 Å². The number of rotatable bonds is 0. The van der Waals surface area contributed by atoms with Crippen molar-refractivity contribution in [3.63, 3.8) is 0 Å². The molecule has 4 heteroatoms. The van der Waals surface area contributed by atoms with Crippen molar-refractivity contribution in [3.8, 4) is 0 Å². The molecule has 1 aromatic carbocycles. The molecule has 1 aliphatic rings. The van der Waals surface area contributed by atoms with Gasteiger partial charge in [0, 0.05) is 6.54 Å². The van der Waals surface area contributed by atoms with Crippen LogP contribution in [0, 0.1) is 20.8 Å². The van der Waals surface area contributed by atoms with Gasteiger partial charge in [-0.25, -0.2) is 13.1 Å². The highest BCUT2D eigenvalue weighted by Gasteiger charge is 2.29. The summed E-state index contributed by atoms with van der Waals surface area (Å²) in [6, 6.07) is 2.04. The van der Waals surface area contributed by atoms with Crippen molar-refractivity contribution in [1.82, 2.24) is 4.72 Å². The molecule has 1 aliphatic heterocycles. The quantitative estimate of drug-likeness (QED) is 0.705. The average molecular weight is 211 g/mol. The van der Waals surface area contributed by atoms with E-state index >= 15 is 0 Å². The Labute approximate surface area is 84.2 Å². The van der Waals surface area contributed by atoms with Crippen molar-refractivity contribution in [2.24, 2.45) is 0 Å². The summed E-state index contributed by atoms with van der Waals surface area (Å²) in [5.41, 5.74) is 3.88. The lowest BCUT2D eigenvalue weighted by Gasteiger charge is -2.08. The lowest BCUT2D eigenvalue weighted by atomic mass is 10.0. The fourth-order valence-electron chi connectivity index (χ4n) is 1.93. The van der Waals surface area contributed by atoms with Crippen LogP contribution in [0.15, 0.2) is 11.0 Å². The second-order valence-electron chi connectivity index (χ2n) is 3.77. The minimum atomic E-state index is -3.23. The summed E-state index contributed by atoms with van der Waals surface area (Å²) in [6.07, 6.45) is 0. The van der Waals surface area contributed by atoms with E-state index in [-0.39, 0.29) is 0 Å². The van der Waals surface area contributed by atoms with Crippen LogP contribution in [-0.2, 0) is 16.6 Å². The van der Waals surface area contributed by atoms with E-state index in [0.29, 0.717) is 11.4 Å². The number of nitrogens with one attached hydrogen (secondary N) is 1. The molecule has 0 spiro atoms. The first-order chi connectivity index (χ1) is 6.43. The second-order valence-corrected chi connectivity index (χ2v) is 5.47. The first-order valence-electron chi connectivity index (χ1n) is 4.53. The third-order valence-electron chi connectivity index (χ3n) is 2.82. The Bertz CT molecular complexity index is 503. The molecule has 0 fully saturated rings. The van der Waals surface area contributed by atoms with Crippen LogP contribution in [0.2, 0.25) is 0 Å². The third-order valence-corrected chi connectivity index (χ3v) is 4.44. The van der Waals surface area contributed by atoms with Crippen molar-refractivity contribution in [1.29, 1.82) is 0 Å². The van der Waals surface area contributed by atoms with Crippen molar-refractivity contribution in [2.45, 2.75) is 32.2 Å². The highest BCUT2D eigenvalue weighted by atomic mass is 32.2. The number of fused-ring (bicyclic) bond motifs is 1. The molecule has 3 nitrogen and oxygen atoms in total. The maximum Gasteiger partial charge on any atom is 0.241 e. The van der Waals surface area contributed by atoms with Crippen LogP contribution < -0.4 is 4.72 Å². The molecule has 0 aromatic heterocycles. The molecule has 14 heavy (non-hydrogen) atoms. The summed E-state index contributed by atoms with van der Waals surface area (Å²) in [6.45, 7) is 6.19. The Hall–Kier alpha value is -0.870. The van der Waals surface area contributed by atoms with Gasteiger partial charge in [-0.15, -0.1) is 0 Å². The molecule has 0 bridgehead atoms. The van der Waals surface area contributed by atoms with Crippen LogP contribution in [-0.4, -0.2) is 8.42 Å². The first-order valence-corrected chi connectivity index (χ1v) is 6.01. The van der Waals surface area contributed by atoms with Gasteiger partial charge in [0.2, 0.25) is 10.0 Å². The minimum absolute atomic E-state index is 0.435. The van der Waals surface area contributed by atoms with E-state index in [2.05, 4.69) is 4.72 Å². The van der Waals surface area contributed by atoms with E-state index < -0.39 is 10.0 Å². The van der Waals surface area contributed by atoms with Crippen molar-refractivity contribution < 1.29 is 8.42 Å². The maximum atomic E-state index is 11.7. The molecule has 1 aromatic rings. The first kappa shape index (κ1) is 9.68. The standard InChI is InChI=1S/C10H13NO2S/c1-6-4-7(2)9-5-11-14(12,13)10(9)8(6)3/h4,11H,5H2,1-3H3. The molecule has 0 saturated carbocycles. The Kier molecular flexibility index (Phi) is 1.94. The fourth-order valence-corrected chi connectivity index (χ4v) is 3.53. The number of sulfonamides is 1. The highest BCUT2D eigenvalue weighted by molar-refractivity contribution is 7.89. The second kappa shape index (κ2) is 2.81. The van der Waals surface area contributed by atoms with Gasteiger partial charge < -0.3 is 0 Å². The van der Waals surface area contributed by atoms with Crippen LogP contribution in [0.25, 0.3) is 0 Å². The molecule has 0 saturated heterocycles. The Morgan fingerprint density at radius 2 is 1.86 bits per heavy atom. The van der Waals surface area contributed by atoms with Gasteiger partial charge in [0.25, 0.3) is 0 Å². The molecular weight excluding hydrogens is 198 g/mol. The largest absolute Gasteiger partial charge is 0.241 e. The Balaban J connectivity index is 2.89. The summed E-state index contributed by atoms with van der Waals surface area (Å²) < 4.78 is 25.9. The van der Waals surface area contributed by atoms with E-state index in [1.165, 1.54) is 0 Å². The third kappa shape index (κ3) is 1.18. The van der Waals surface area contributed by atoms with Gasteiger partial charge in [0.15, 0.2) is 0 Å². The summed E-state index contributed by atoms with van der Waals surface area (Å²) in [5.74, 6) is 0. The molecule has 0 amide bonds. The molecule has 2 rings (SSSR count). The number of hydrogen-bond acceptors (Lipinski definition) is 2. The molecule has 0 radical (unpaired) electrons. The molecule has 1 heterocycles. The van der Waals surface area contributed by atoms with E-state index in [1.807, 2.05) is 26.8 Å². The predicted octanol–water partition coefficient (Wildman–Crippen LogP) is 1.40. The summed E-state index contributed by atoms with van der Waals surface area (Å²) in [7, 11) is -3.23. The molecule has 0 atom stereocenters. The van der Waals surface area contributed by atoms with E-state index in [4.69, 9.17) is 0 Å². The summed E-state index contributed by atoms with van der Waals surface area (Å²) in [4.78, 5) is 0.495. The van der Waals surface area contributed by atoms with E-state index in [9.17, 15) is 8.42 Å². The summed E-state index contributed by atoms with van der Waals surface area (Å²) >= 11 is 0. The van der Waals surface area contributed by atoms with Crippen LogP contribution in [0.3, 0.4) is 0 Å². The SMILES string of the molecule is Cc1cc(C)c2c(c1C)S(=O)(=O)NC2. The number of benzene rings is 1. The van der Waals surface area contributed by atoms with Crippen molar-refractivity contribution in [2.75, 3.05) is 0 Å². The van der Waals surface area contributed by atoms with Crippen LogP contribution in [0.5, 0.6) is 0 Å². The smallest absolute Gasteiger partial charge is 0.207 e. The van der Waals surface area contributed by atoms with Gasteiger partial charge >= 0.3 is 0 Å². The zero-order valence-electron chi connectivity index (χ0n) is 8.51. The molecule has 1 N–H and O–H groups in total. The van der Waals surface area contributed by atoms with Crippen LogP contribution in [0.1, 0.15) is 22.3 Å². The van der Waals surface area contributed by atoms with Crippen molar-refractivity contribution in [3.05, 3.63) is 28.3 Å². The van der Waals surface area contributed by atoms with Gasteiger partial charge in [-0.05, 0) is 43.0 Å². The van der Waals surface area contributed by atoms with Gasteiger partial charge in [0.05, 0.1) is 4.90 Å². The van der Waals surface area contributed by atoms with Crippen LogP contribution in [0.4, 0.5) is 0 Å². The molecule has 0 unspecified atom stereocenters. The lowest BCUT2D eigenvalue weighted by Crippen LogP contribution is -2.14. The van der Waals surface area contributed by atoms with Crippen molar-refractivity contribution >= 4 is 10.0 Å². The zero-order valence-corrected chi connectivity index (χ0v) is 9.33. The lowest BCUT2D eigenvalue weighted by molar-refractivity contribution is 0.589. The molecular formula is C10H13NO2S. The minimum Gasteiger partial charge on any atom is -0.207 e. The summed E-state index contributed by atoms with van der Waals surface area (Å²) in [5, 5.41) is 0. The highest BCUT2D eigenvalue weighted by Crippen LogP contribution is 2.30. The van der Waals surface area contributed by atoms with Gasteiger partial charge in [-0.3, -0.25) is 0 Å². The monoisotopic (exact) mass is 211 g/mol. The van der Waals surface area contributed by atoms with E-state index in [0.717, 1.165) is 22.3 Å². The fraction of sp³-hybridized carbons (Fsp3) is 0.400. The zero-order chi connectivity index (χ0) is 10.5.